The molecule has 1 aromatic rings. The second kappa shape index (κ2) is 6.18. The SMILES string of the molecule is CC(C)[CH]([AlH2])Cc1ccccc1.F. The van der Waals surface area contributed by atoms with E-state index in [1.165, 1.54) is 28.3 Å². The third kappa shape index (κ3) is 4.45. The predicted octanol–water partition coefficient (Wildman–Crippen LogP) is 2.46. The summed E-state index contributed by atoms with van der Waals surface area (Å²) in [5.41, 5.74) is 1.49. The second-order valence-corrected chi connectivity index (χ2v) is 5.39. The summed E-state index contributed by atoms with van der Waals surface area (Å²) in [6.45, 7) is 4.64. The van der Waals surface area contributed by atoms with Crippen LogP contribution in [0.4, 0.5) is 4.70 Å². The largest absolute Gasteiger partial charge is 0.269 e. The molecule has 0 N–H and O–H groups in total. The molecule has 0 bridgehead atoms. The summed E-state index contributed by atoms with van der Waals surface area (Å²) in [4.78, 5) is 0. The van der Waals surface area contributed by atoms with E-state index in [2.05, 4.69) is 44.2 Å². The topological polar surface area (TPSA) is 0 Å². The van der Waals surface area contributed by atoms with Crippen molar-refractivity contribution in [3.63, 3.8) is 0 Å². The van der Waals surface area contributed by atoms with E-state index in [0.29, 0.717) is 0 Å². The van der Waals surface area contributed by atoms with E-state index in [1.807, 2.05) is 0 Å². The lowest BCUT2D eigenvalue weighted by Gasteiger charge is -2.15. The molecular weight excluding hydrogens is 178 g/mol. The average Bonchev–Trinajstić information content (AvgIpc) is 2.06. The van der Waals surface area contributed by atoms with E-state index < -0.39 is 0 Å². The lowest BCUT2D eigenvalue weighted by Crippen LogP contribution is -2.04. The molecule has 0 heterocycles. The Hall–Kier alpha value is -0.318. The van der Waals surface area contributed by atoms with Crippen molar-refractivity contribution in [1.82, 2.24) is 0 Å². The fourth-order valence-corrected chi connectivity index (χ4v) is 1.69. The van der Waals surface area contributed by atoms with Gasteiger partial charge < -0.3 is 0 Å². The van der Waals surface area contributed by atoms with Gasteiger partial charge >= 0.3 is 0 Å². The van der Waals surface area contributed by atoms with E-state index in [0.717, 1.165) is 10.7 Å². The Balaban J connectivity index is 0.00000144. The van der Waals surface area contributed by atoms with Crippen molar-refractivity contribution in [2.45, 2.75) is 25.0 Å². The maximum Gasteiger partial charge on any atom is 0.217 e. The molecule has 0 fully saturated rings. The summed E-state index contributed by atoms with van der Waals surface area (Å²) in [6.07, 6.45) is 1.27. The minimum absolute atomic E-state index is 0. The molecule has 0 aliphatic rings. The summed E-state index contributed by atoms with van der Waals surface area (Å²) in [5, 5.41) is 0. The maximum atomic E-state index is 2.32. The molecule has 1 aromatic carbocycles. The van der Waals surface area contributed by atoms with Crippen molar-refractivity contribution in [1.29, 1.82) is 0 Å². The summed E-state index contributed by atoms with van der Waals surface area (Å²) in [6, 6.07) is 10.8. The van der Waals surface area contributed by atoms with Crippen molar-refractivity contribution < 1.29 is 4.70 Å². The Morgan fingerprint density at radius 2 is 1.69 bits per heavy atom. The van der Waals surface area contributed by atoms with Crippen molar-refractivity contribution in [2.75, 3.05) is 0 Å². The zero-order valence-corrected chi connectivity index (χ0v) is 10.7. The highest BCUT2D eigenvalue weighted by Gasteiger charge is 2.07. The minimum Gasteiger partial charge on any atom is -0.269 e. The lowest BCUT2D eigenvalue weighted by atomic mass is 10.0. The fourth-order valence-electron chi connectivity index (χ4n) is 1.22. The smallest absolute Gasteiger partial charge is 0.217 e. The molecule has 0 aliphatic carbocycles. The molecule has 1 rings (SSSR count). The van der Waals surface area contributed by atoms with Crippen molar-refractivity contribution in [3.05, 3.63) is 35.9 Å². The zero-order valence-electron chi connectivity index (χ0n) is 8.66. The van der Waals surface area contributed by atoms with Gasteiger partial charge in [0.2, 0.25) is 16.3 Å². The van der Waals surface area contributed by atoms with Gasteiger partial charge in [0.05, 0.1) is 0 Å². The van der Waals surface area contributed by atoms with Crippen molar-refractivity contribution in [3.8, 4) is 0 Å². The number of benzene rings is 1. The minimum atomic E-state index is 0. The van der Waals surface area contributed by atoms with Crippen LogP contribution in [0.25, 0.3) is 0 Å². The molecule has 0 saturated carbocycles. The van der Waals surface area contributed by atoms with Gasteiger partial charge in [-0.2, -0.15) is 0 Å². The number of halogens is 1. The number of hydrogen-bond acceptors (Lipinski definition) is 0. The zero-order chi connectivity index (χ0) is 8.97. The molecule has 0 radical (unpaired) electrons. The molecule has 0 spiro atoms. The summed E-state index contributed by atoms with van der Waals surface area (Å²) in [5.74, 6) is 0.844. The Morgan fingerprint density at radius 3 is 2.15 bits per heavy atom. The third-order valence-electron chi connectivity index (χ3n) is 2.54. The molecular formula is C11H18AlF. The standard InChI is InChI=1S/C11H15.Al.FH.2H/c1-10(2)8-9-11-6-4-3-5-7-11;;;;/h3-8,10H,9H2,1-2H3;;1H;;. The first-order chi connectivity index (χ1) is 5.70. The van der Waals surface area contributed by atoms with Crippen LogP contribution >= 0.6 is 0 Å². The molecule has 1 atom stereocenters. The van der Waals surface area contributed by atoms with E-state index in [-0.39, 0.29) is 4.70 Å². The van der Waals surface area contributed by atoms with Crippen LogP contribution in [0, 0.1) is 5.92 Å². The highest BCUT2D eigenvalue weighted by Crippen LogP contribution is 2.18. The van der Waals surface area contributed by atoms with Crippen LogP contribution in [0.1, 0.15) is 19.4 Å². The highest BCUT2D eigenvalue weighted by molar-refractivity contribution is 6.11. The van der Waals surface area contributed by atoms with Gasteiger partial charge in [0.25, 0.3) is 0 Å². The van der Waals surface area contributed by atoms with Gasteiger partial charge in [-0.1, -0.05) is 54.9 Å². The van der Waals surface area contributed by atoms with Gasteiger partial charge in [-0.25, -0.2) is 0 Å². The normalized spacial score (nSPS) is 12.2. The molecule has 2 heteroatoms. The summed E-state index contributed by atoms with van der Waals surface area (Å²) in [7, 11) is 0. The van der Waals surface area contributed by atoms with Crippen LogP contribution < -0.4 is 0 Å². The predicted molar refractivity (Wildman–Crippen MR) is 59.8 cm³/mol. The Kier molecular flexibility index (Phi) is 6.03. The Morgan fingerprint density at radius 1 is 1.15 bits per heavy atom. The van der Waals surface area contributed by atoms with Gasteiger partial charge in [0.1, 0.15) is 0 Å². The Labute approximate surface area is 88.1 Å². The van der Waals surface area contributed by atoms with E-state index in [4.69, 9.17) is 0 Å². The van der Waals surface area contributed by atoms with Crippen molar-refractivity contribution in [2.24, 2.45) is 5.92 Å². The molecule has 72 valence electrons. The third-order valence-corrected chi connectivity index (χ3v) is 4.28. The van der Waals surface area contributed by atoms with Gasteiger partial charge in [-0.05, 0) is 12.0 Å². The summed E-state index contributed by atoms with van der Waals surface area (Å²) < 4.78 is 0.924. The van der Waals surface area contributed by atoms with Gasteiger partial charge in [-0.3, -0.25) is 4.70 Å². The molecule has 1 unspecified atom stereocenters. The van der Waals surface area contributed by atoms with Crippen LogP contribution in [-0.4, -0.2) is 16.3 Å². The molecule has 13 heavy (non-hydrogen) atoms. The van der Waals surface area contributed by atoms with Crippen LogP contribution in [-0.2, 0) is 6.42 Å². The number of hydrogen-bond donors (Lipinski definition) is 0. The first kappa shape index (κ1) is 12.7. The first-order valence-electron chi connectivity index (χ1n) is 4.74. The first-order valence-corrected chi connectivity index (χ1v) is 5.89. The van der Waals surface area contributed by atoms with Crippen LogP contribution in [0.3, 0.4) is 0 Å². The molecule has 0 saturated heterocycles. The quantitative estimate of drug-likeness (QED) is 0.651. The van der Waals surface area contributed by atoms with Gasteiger partial charge in [0, 0.05) is 0 Å². The lowest BCUT2D eigenvalue weighted by molar-refractivity contribution is 0.586. The summed E-state index contributed by atoms with van der Waals surface area (Å²) >= 11 is 1.31. The Bertz CT molecular complexity index is 221. The average molecular weight is 196 g/mol. The monoisotopic (exact) mass is 196 g/mol. The number of rotatable bonds is 3. The molecule has 0 nitrogen and oxygen atoms in total. The second-order valence-electron chi connectivity index (χ2n) is 3.91. The fraction of sp³-hybridized carbons (Fsp3) is 0.455. The van der Waals surface area contributed by atoms with Crippen LogP contribution in [0.15, 0.2) is 30.3 Å². The van der Waals surface area contributed by atoms with Crippen LogP contribution in [0.2, 0.25) is 4.78 Å². The van der Waals surface area contributed by atoms with Gasteiger partial charge in [0.15, 0.2) is 0 Å². The maximum absolute atomic E-state index is 2.32. The van der Waals surface area contributed by atoms with Crippen molar-refractivity contribution >= 4 is 16.3 Å². The van der Waals surface area contributed by atoms with E-state index in [1.54, 1.807) is 0 Å². The molecule has 0 amide bonds. The molecule has 0 aliphatic heterocycles. The molecule has 0 aromatic heterocycles. The van der Waals surface area contributed by atoms with E-state index >= 15 is 0 Å². The van der Waals surface area contributed by atoms with E-state index in [9.17, 15) is 0 Å². The highest BCUT2D eigenvalue weighted by atomic mass is 27.0. The van der Waals surface area contributed by atoms with Gasteiger partial charge in [-0.15, -0.1) is 0 Å². The van der Waals surface area contributed by atoms with Crippen LogP contribution in [0.5, 0.6) is 0 Å².